The second-order valence-electron chi connectivity index (χ2n) is 4.85. The summed E-state index contributed by atoms with van der Waals surface area (Å²) in [5, 5.41) is 3.39. The van der Waals surface area contributed by atoms with E-state index < -0.39 is 0 Å². The van der Waals surface area contributed by atoms with Crippen LogP contribution in [0, 0.1) is 12.7 Å². The maximum Gasteiger partial charge on any atom is 0.123 e. The first-order valence-electron chi connectivity index (χ1n) is 6.77. The molecule has 0 aliphatic rings. The Kier molecular flexibility index (Phi) is 5.13. The molecule has 3 heteroatoms. The summed E-state index contributed by atoms with van der Waals surface area (Å²) < 4.78 is 18.1. The van der Waals surface area contributed by atoms with Gasteiger partial charge in [0.15, 0.2) is 0 Å². The lowest BCUT2D eigenvalue weighted by Crippen LogP contribution is -2.17. The highest BCUT2D eigenvalue weighted by Gasteiger charge is 2.00. The minimum atomic E-state index is -0.176. The van der Waals surface area contributed by atoms with Crippen LogP contribution < -0.4 is 10.1 Å². The van der Waals surface area contributed by atoms with E-state index in [1.165, 1.54) is 11.6 Å². The van der Waals surface area contributed by atoms with Crippen LogP contribution in [0.2, 0.25) is 0 Å². The minimum Gasteiger partial charge on any atom is -0.497 e. The largest absolute Gasteiger partial charge is 0.497 e. The number of halogens is 1. The SMILES string of the molecule is COc1ccc(CCNCc2ccc(F)cc2C)cc1. The van der Waals surface area contributed by atoms with Gasteiger partial charge in [-0.2, -0.15) is 0 Å². The third kappa shape index (κ3) is 4.07. The van der Waals surface area contributed by atoms with Crippen molar-refractivity contribution in [2.75, 3.05) is 13.7 Å². The van der Waals surface area contributed by atoms with Crippen LogP contribution >= 0.6 is 0 Å². The molecule has 1 N–H and O–H groups in total. The number of rotatable bonds is 6. The number of nitrogens with one attached hydrogen (secondary N) is 1. The molecular formula is C17H20FNO. The van der Waals surface area contributed by atoms with Crippen molar-refractivity contribution in [1.82, 2.24) is 5.32 Å². The smallest absolute Gasteiger partial charge is 0.123 e. The van der Waals surface area contributed by atoms with Gasteiger partial charge < -0.3 is 10.1 Å². The third-order valence-corrected chi connectivity index (χ3v) is 3.37. The molecule has 0 saturated heterocycles. The molecule has 0 unspecified atom stereocenters. The summed E-state index contributed by atoms with van der Waals surface area (Å²) in [4.78, 5) is 0. The van der Waals surface area contributed by atoms with Gasteiger partial charge in [0.25, 0.3) is 0 Å². The number of aryl methyl sites for hydroxylation is 1. The summed E-state index contributed by atoms with van der Waals surface area (Å²) >= 11 is 0. The Bertz CT molecular complexity index is 551. The average molecular weight is 273 g/mol. The van der Waals surface area contributed by atoms with Gasteiger partial charge in [0.1, 0.15) is 11.6 Å². The van der Waals surface area contributed by atoms with Crippen molar-refractivity contribution in [3.05, 3.63) is 65.0 Å². The average Bonchev–Trinajstić information content (AvgIpc) is 2.46. The molecule has 0 atom stereocenters. The number of hydrogen-bond acceptors (Lipinski definition) is 2. The first-order valence-corrected chi connectivity index (χ1v) is 6.77. The number of hydrogen-bond donors (Lipinski definition) is 1. The maximum atomic E-state index is 13.0. The van der Waals surface area contributed by atoms with Gasteiger partial charge in [0.05, 0.1) is 7.11 Å². The second kappa shape index (κ2) is 7.06. The summed E-state index contributed by atoms with van der Waals surface area (Å²) in [6.45, 7) is 3.59. The van der Waals surface area contributed by atoms with Crippen molar-refractivity contribution in [1.29, 1.82) is 0 Å². The van der Waals surface area contributed by atoms with E-state index in [0.29, 0.717) is 0 Å². The topological polar surface area (TPSA) is 21.3 Å². The molecule has 20 heavy (non-hydrogen) atoms. The van der Waals surface area contributed by atoms with Crippen LogP contribution in [0.5, 0.6) is 5.75 Å². The predicted molar refractivity (Wildman–Crippen MR) is 79.5 cm³/mol. The molecule has 0 fully saturated rings. The molecule has 0 radical (unpaired) electrons. The zero-order valence-electron chi connectivity index (χ0n) is 11.9. The fourth-order valence-corrected chi connectivity index (χ4v) is 2.11. The number of methoxy groups -OCH3 is 1. The van der Waals surface area contributed by atoms with Crippen molar-refractivity contribution in [2.24, 2.45) is 0 Å². The van der Waals surface area contributed by atoms with E-state index in [4.69, 9.17) is 4.74 Å². The molecule has 2 aromatic rings. The Morgan fingerprint density at radius 1 is 1.10 bits per heavy atom. The Morgan fingerprint density at radius 2 is 1.85 bits per heavy atom. The zero-order chi connectivity index (χ0) is 14.4. The van der Waals surface area contributed by atoms with Gasteiger partial charge in [-0.15, -0.1) is 0 Å². The summed E-state index contributed by atoms with van der Waals surface area (Å²) in [7, 11) is 1.67. The van der Waals surface area contributed by atoms with Crippen LogP contribution in [0.1, 0.15) is 16.7 Å². The van der Waals surface area contributed by atoms with Crippen LogP contribution in [0.3, 0.4) is 0 Å². The van der Waals surface area contributed by atoms with Crippen molar-refractivity contribution in [2.45, 2.75) is 19.9 Å². The van der Waals surface area contributed by atoms with Crippen molar-refractivity contribution >= 4 is 0 Å². The highest BCUT2D eigenvalue weighted by molar-refractivity contribution is 5.28. The summed E-state index contributed by atoms with van der Waals surface area (Å²) in [6.07, 6.45) is 0.963. The number of benzene rings is 2. The fraction of sp³-hybridized carbons (Fsp3) is 0.294. The first-order chi connectivity index (χ1) is 9.69. The van der Waals surface area contributed by atoms with E-state index in [1.54, 1.807) is 13.2 Å². The van der Waals surface area contributed by atoms with E-state index in [1.807, 2.05) is 25.1 Å². The van der Waals surface area contributed by atoms with Gasteiger partial charge in [-0.3, -0.25) is 0 Å². The maximum absolute atomic E-state index is 13.0. The van der Waals surface area contributed by atoms with Crippen LogP contribution in [0.15, 0.2) is 42.5 Å². The Morgan fingerprint density at radius 3 is 2.50 bits per heavy atom. The molecule has 2 aromatic carbocycles. The summed E-state index contributed by atoms with van der Waals surface area (Å²) in [5.41, 5.74) is 3.40. The lowest BCUT2D eigenvalue weighted by atomic mass is 10.1. The van der Waals surface area contributed by atoms with E-state index in [0.717, 1.165) is 36.4 Å². The molecule has 106 valence electrons. The van der Waals surface area contributed by atoms with Gasteiger partial charge in [-0.25, -0.2) is 4.39 Å². The van der Waals surface area contributed by atoms with Crippen LogP contribution in [0.4, 0.5) is 4.39 Å². The lowest BCUT2D eigenvalue weighted by Gasteiger charge is -2.08. The molecule has 0 aromatic heterocycles. The van der Waals surface area contributed by atoms with Crippen LogP contribution in [-0.4, -0.2) is 13.7 Å². The lowest BCUT2D eigenvalue weighted by molar-refractivity contribution is 0.414. The van der Waals surface area contributed by atoms with E-state index in [9.17, 15) is 4.39 Å². The Hall–Kier alpha value is -1.87. The molecule has 2 rings (SSSR count). The highest BCUT2D eigenvalue weighted by Crippen LogP contribution is 2.12. The molecule has 0 aliphatic carbocycles. The molecule has 2 nitrogen and oxygen atoms in total. The van der Waals surface area contributed by atoms with Crippen LogP contribution in [-0.2, 0) is 13.0 Å². The monoisotopic (exact) mass is 273 g/mol. The van der Waals surface area contributed by atoms with Crippen molar-refractivity contribution in [3.8, 4) is 5.75 Å². The Labute approximate surface area is 119 Å². The summed E-state index contributed by atoms with van der Waals surface area (Å²) in [6, 6.07) is 13.0. The fourth-order valence-electron chi connectivity index (χ4n) is 2.11. The first kappa shape index (κ1) is 14.5. The predicted octanol–water partition coefficient (Wildman–Crippen LogP) is 3.48. The molecule has 0 aliphatic heterocycles. The standard InChI is InChI=1S/C17H20FNO/c1-13-11-16(18)6-5-15(13)12-19-10-9-14-3-7-17(20-2)8-4-14/h3-8,11,19H,9-10,12H2,1-2H3. The summed E-state index contributed by atoms with van der Waals surface area (Å²) in [5.74, 6) is 0.702. The van der Waals surface area contributed by atoms with Gasteiger partial charge in [-0.1, -0.05) is 18.2 Å². The molecule has 0 bridgehead atoms. The van der Waals surface area contributed by atoms with Crippen molar-refractivity contribution in [3.63, 3.8) is 0 Å². The van der Waals surface area contributed by atoms with Gasteiger partial charge in [0.2, 0.25) is 0 Å². The normalized spacial score (nSPS) is 10.6. The molecule has 0 spiro atoms. The quantitative estimate of drug-likeness (QED) is 0.814. The minimum absolute atomic E-state index is 0.176. The van der Waals surface area contributed by atoms with E-state index in [2.05, 4.69) is 17.4 Å². The van der Waals surface area contributed by atoms with Crippen LogP contribution in [0.25, 0.3) is 0 Å². The zero-order valence-corrected chi connectivity index (χ0v) is 11.9. The Balaban J connectivity index is 1.78. The van der Waals surface area contributed by atoms with Crippen molar-refractivity contribution < 1.29 is 9.13 Å². The second-order valence-corrected chi connectivity index (χ2v) is 4.85. The third-order valence-electron chi connectivity index (χ3n) is 3.37. The molecule has 0 amide bonds. The molecular weight excluding hydrogens is 253 g/mol. The highest BCUT2D eigenvalue weighted by atomic mass is 19.1. The molecule has 0 heterocycles. The number of ether oxygens (including phenoxy) is 1. The van der Waals surface area contributed by atoms with Gasteiger partial charge >= 0.3 is 0 Å². The van der Waals surface area contributed by atoms with E-state index in [-0.39, 0.29) is 5.82 Å². The van der Waals surface area contributed by atoms with Gasteiger partial charge in [-0.05, 0) is 60.8 Å². The van der Waals surface area contributed by atoms with Gasteiger partial charge in [0, 0.05) is 6.54 Å². The van der Waals surface area contributed by atoms with E-state index >= 15 is 0 Å². The molecule has 0 saturated carbocycles.